The summed E-state index contributed by atoms with van der Waals surface area (Å²) in [6, 6.07) is 0. The quantitative estimate of drug-likeness (QED) is 0.108. The van der Waals surface area contributed by atoms with Crippen LogP contribution < -0.4 is 5.11 Å². The van der Waals surface area contributed by atoms with Crippen LogP contribution in [0.15, 0.2) is 12.2 Å². The molecule has 0 rings (SSSR count). The van der Waals surface area contributed by atoms with Crippen LogP contribution >= 0.6 is 0 Å². The summed E-state index contributed by atoms with van der Waals surface area (Å²) in [5, 5.41) is 29.2. The van der Waals surface area contributed by atoms with Gasteiger partial charge in [0.2, 0.25) is 0 Å². The van der Waals surface area contributed by atoms with E-state index in [2.05, 4.69) is 6.92 Å². The molecular weight excluding hydrogens is 434 g/mol. The van der Waals surface area contributed by atoms with Crippen LogP contribution in [0.4, 0.5) is 0 Å². The number of hydrogen-bond acceptors (Lipinski definition) is 4. The maximum Gasteiger partial charge on any atom is 0.359 e. The Morgan fingerprint density at radius 3 is 1.38 bits per heavy atom. The van der Waals surface area contributed by atoms with Gasteiger partial charge in [-0.3, -0.25) is 0 Å². The Bertz CT molecular complexity index is 535. The summed E-state index contributed by atoms with van der Waals surface area (Å²) in [6.45, 7) is 0.681. The predicted molar refractivity (Wildman–Crippen MR) is 133 cm³/mol. The molecule has 7 nitrogen and oxygen atoms in total. The Balaban J connectivity index is 3.80. The molecule has 2 N–H and O–H groups in total. The van der Waals surface area contributed by atoms with Gasteiger partial charge in [0.1, 0.15) is 6.54 Å². The second-order valence-corrected chi connectivity index (χ2v) is 9.70. The minimum absolute atomic E-state index is 0.141. The van der Waals surface area contributed by atoms with Gasteiger partial charge in [0, 0.05) is 6.42 Å². The molecule has 0 aliphatic carbocycles. The normalized spacial score (nSPS) is 11.8. The van der Waals surface area contributed by atoms with E-state index >= 15 is 0 Å². The van der Waals surface area contributed by atoms with Crippen molar-refractivity contribution in [1.29, 1.82) is 0 Å². The molecule has 0 spiro atoms. The first-order valence-corrected chi connectivity index (χ1v) is 13.4. The Hall–Kier alpha value is -1.89. The van der Waals surface area contributed by atoms with E-state index < -0.39 is 42.0 Å². The first kappa shape index (κ1) is 32.1. The monoisotopic (exact) mass is 483 g/mol. The molecule has 0 atom stereocenters. The van der Waals surface area contributed by atoms with Gasteiger partial charge in [0.25, 0.3) is 0 Å². The van der Waals surface area contributed by atoms with Crippen LogP contribution in [-0.4, -0.2) is 58.8 Å². The van der Waals surface area contributed by atoms with Gasteiger partial charge < -0.3 is 24.6 Å². The molecule has 0 aromatic rings. The highest BCUT2D eigenvalue weighted by atomic mass is 16.4. The largest absolute Gasteiger partial charge is 0.544 e. The molecule has 0 amide bonds. The Morgan fingerprint density at radius 2 is 1.00 bits per heavy atom. The average Bonchev–Trinajstić information content (AvgIpc) is 2.73. The highest BCUT2D eigenvalue weighted by molar-refractivity contribution is 5.72. The smallest absolute Gasteiger partial charge is 0.359 e. The van der Waals surface area contributed by atoms with Crippen molar-refractivity contribution in [2.24, 2.45) is 0 Å². The molecular formula is C27H49NO6. The van der Waals surface area contributed by atoms with Crippen LogP contribution in [0.5, 0.6) is 0 Å². The summed E-state index contributed by atoms with van der Waals surface area (Å²) in [7, 11) is 0. The number of carboxylic acid groups (broad SMARTS) is 3. The van der Waals surface area contributed by atoms with Crippen molar-refractivity contribution in [3.8, 4) is 0 Å². The zero-order chi connectivity index (χ0) is 25.5. The number of allylic oxidation sites excluding steroid dienone is 1. The van der Waals surface area contributed by atoms with E-state index in [4.69, 9.17) is 10.2 Å². The molecule has 0 saturated heterocycles. The molecule has 0 radical (unpaired) electrons. The molecule has 7 heteroatoms. The SMILES string of the molecule is CCCCCCCCCCCCCCCCC/C=C/CC[N+](CC(=O)[O-])(CC(=O)O)CC(=O)O. The number of carbonyl (C=O) groups is 3. The third-order valence-corrected chi connectivity index (χ3v) is 6.32. The van der Waals surface area contributed by atoms with E-state index in [0.717, 1.165) is 12.8 Å². The zero-order valence-electron chi connectivity index (χ0n) is 21.5. The summed E-state index contributed by atoms with van der Waals surface area (Å²) in [4.78, 5) is 33.3. The summed E-state index contributed by atoms with van der Waals surface area (Å²) in [5.74, 6) is -3.88. The fraction of sp³-hybridized carbons (Fsp3) is 0.815. The van der Waals surface area contributed by atoms with Crippen LogP contribution in [0.2, 0.25) is 0 Å². The molecule has 0 saturated carbocycles. The van der Waals surface area contributed by atoms with E-state index in [1.165, 1.54) is 89.9 Å². The maximum absolute atomic E-state index is 11.1. The summed E-state index contributed by atoms with van der Waals surface area (Å²) in [6.07, 6.45) is 25.2. The lowest BCUT2D eigenvalue weighted by molar-refractivity contribution is -0.908. The first-order valence-electron chi connectivity index (χ1n) is 13.4. The van der Waals surface area contributed by atoms with Gasteiger partial charge in [0.05, 0.1) is 12.5 Å². The van der Waals surface area contributed by atoms with Gasteiger partial charge in [-0.15, -0.1) is 0 Å². The lowest BCUT2D eigenvalue weighted by atomic mass is 10.0. The summed E-state index contributed by atoms with van der Waals surface area (Å²) >= 11 is 0. The van der Waals surface area contributed by atoms with Crippen LogP contribution in [0.3, 0.4) is 0 Å². The molecule has 0 aliphatic heterocycles. The van der Waals surface area contributed by atoms with E-state index in [0.29, 0.717) is 6.42 Å². The fourth-order valence-corrected chi connectivity index (χ4v) is 4.47. The molecule has 0 bridgehead atoms. The number of quaternary nitrogens is 1. The Labute approximate surface area is 206 Å². The molecule has 34 heavy (non-hydrogen) atoms. The highest BCUT2D eigenvalue weighted by Gasteiger charge is 2.33. The third-order valence-electron chi connectivity index (χ3n) is 6.32. The van der Waals surface area contributed by atoms with Crippen molar-refractivity contribution >= 4 is 17.9 Å². The topological polar surface area (TPSA) is 115 Å². The number of hydrogen-bond donors (Lipinski definition) is 2. The lowest BCUT2D eigenvalue weighted by Crippen LogP contribution is -2.59. The minimum Gasteiger partial charge on any atom is -0.544 e. The van der Waals surface area contributed by atoms with Crippen LogP contribution in [0.1, 0.15) is 116 Å². The van der Waals surface area contributed by atoms with Crippen LogP contribution in [0, 0.1) is 0 Å². The van der Waals surface area contributed by atoms with Gasteiger partial charge in [-0.1, -0.05) is 109 Å². The van der Waals surface area contributed by atoms with Crippen molar-refractivity contribution in [3.63, 3.8) is 0 Å². The van der Waals surface area contributed by atoms with Gasteiger partial charge in [-0.2, -0.15) is 0 Å². The second kappa shape index (κ2) is 21.6. The first-order chi connectivity index (χ1) is 16.3. The molecule has 0 aromatic heterocycles. The van der Waals surface area contributed by atoms with E-state index in [1.54, 1.807) is 0 Å². The third kappa shape index (κ3) is 20.7. The van der Waals surface area contributed by atoms with Gasteiger partial charge in [-0.25, -0.2) is 9.59 Å². The van der Waals surface area contributed by atoms with Crippen molar-refractivity contribution in [2.45, 2.75) is 116 Å². The van der Waals surface area contributed by atoms with Crippen LogP contribution in [0.25, 0.3) is 0 Å². The lowest BCUT2D eigenvalue weighted by Gasteiger charge is -2.35. The molecule has 0 heterocycles. The van der Waals surface area contributed by atoms with Crippen molar-refractivity contribution in [1.82, 2.24) is 0 Å². The number of unbranched alkanes of at least 4 members (excludes halogenated alkanes) is 15. The summed E-state index contributed by atoms with van der Waals surface area (Å²) < 4.78 is -0.545. The van der Waals surface area contributed by atoms with Crippen molar-refractivity contribution in [2.75, 3.05) is 26.2 Å². The maximum atomic E-state index is 11.1. The number of aliphatic carboxylic acids is 3. The highest BCUT2D eigenvalue weighted by Crippen LogP contribution is 2.14. The number of carboxylic acids is 3. The molecule has 0 aliphatic rings. The standard InChI is InChI=1S/C27H49NO6/c1-2-3-4-5-6-7-8-9-10-11-12-13-14-15-16-17-18-19-20-21-28(22-25(29)30,23-26(31)32)24-27(33)34/h18-19H,2-17,20-24H2,1H3,(H2-,29,30,31,32,33,34)/b19-18+. The second-order valence-electron chi connectivity index (χ2n) is 9.70. The zero-order valence-corrected chi connectivity index (χ0v) is 21.5. The minimum atomic E-state index is -1.44. The molecule has 0 fully saturated rings. The number of rotatable bonds is 25. The number of carbonyl (C=O) groups excluding carboxylic acids is 1. The van der Waals surface area contributed by atoms with E-state index in [1.807, 2.05) is 12.2 Å². The Kier molecular flexibility index (Phi) is 20.4. The molecule has 0 unspecified atom stereocenters. The van der Waals surface area contributed by atoms with Crippen LogP contribution in [-0.2, 0) is 14.4 Å². The van der Waals surface area contributed by atoms with E-state index in [9.17, 15) is 19.5 Å². The average molecular weight is 484 g/mol. The van der Waals surface area contributed by atoms with Gasteiger partial charge >= 0.3 is 11.9 Å². The van der Waals surface area contributed by atoms with Crippen molar-refractivity contribution < 1.29 is 34.2 Å². The van der Waals surface area contributed by atoms with Crippen molar-refractivity contribution in [3.05, 3.63) is 12.2 Å². The van der Waals surface area contributed by atoms with Gasteiger partial charge in [0.15, 0.2) is 13.1 Å². The molecule has 198 valence electrons. The van der Waals surface area contributed by atoms with E-state index in [-0.39, 0.29) is 6.54 Å². The predicted octanol–water partition coefficient (Wildman–Crippen LogP) is 4.93. The van der Waals surface area contributed by atoms with Gasteiger partial charge in [-0.05, 0) is 12.8 Å². The number of nitrogens with zero attached hydrogens (tertiary/aromatic N) is 1. The Morgan fingerprint density at radius 1 is 0.618 bits per heavy atom. The molecule has 0 aromatic carbocycles. The fourth-order valence-electron chi connectivity index (χ4n) is 4.47. The summed E-state index contributed by atoms with van der Waals surface area (Å²) in [5.41, 5.74) is 0.